The first-order chi connectivity index (χ1) is 6.31. The van der Waals surface area contributed by atoms with Crippen LogP contribution >= 0.6 is 11.3 Å². The summed E-state index contributed by atoms with van der Waals surface area (Å²) in [6.45, 7) is 0.149. The molecular weight excluding hydrogens is 184 g/mol. The molecule has 0 bridgehead atoms. The van der Waals surface area contributed by atoms with Gasteiger partial charge in [0.1, 0.15) is 0 Å². The number of fused-ring (bicyclic) bond motifs is 1. The maximum atomic E-state index is 8.83. The predicted octanol–water partition coefficient (Wildman–Crippen LogP) is 1.41. The fraction of sp³-hybridized carbons (Fsp3) is 0.222. The van der Waals surface area contributed by atoms with E-state index < -0.39 is 0 Å². The molecule has 13 heavy (non-hydrogen) atoms. The Morgan fingerprint density at radius 2 is 2.31 bits per heavy atom. The first-order valence-electron chi connectivity index (χ1n) is 4.06. The minimum atomic E-state index is 0.149. The predicted molar refractivity (Wildman–Crippen MR) is 54.8 cm³/mol. The Morgan fingerprint density at radius 1 is 1.46 bits per heavy atom. The summed E-state index contributed by atoms with van der Waals surface area (Å²) in [6, 6.07) is 5.92. The monoisotopic (exact) mass is 194 g/mol. The smallest absolute Gasteiger partial charge is 0.181 e. The summed E-state index contributed by atoms with van der Waals surface area (Å²) in [6.07, 6.45) is 0.639. The molecule has 3 N–H and O–H groups in total. The van der Waals surface area contributed by atoms with E-state index in [1.807, 2.05) is 18.2 Å². The maximum Gasteiger partial charge on any atom is 0.181 e. The summed E-state index contributed by atoms with van der Waals surface area (Å²) in [5.74, 6) is 0. The number of thiazole rings is 1. The summed E-state index contributed by atoms with van der Waals surface area (Å²) in [7, 11) is 0. The number of hydrogen-bond donors (Lipinski definition) is 2. The van der Waals surface area contributed by atoms with E-state index in [1.54, 1.807) is 0 Å². The Morgan fingerprint density at radius 3 is 3.08 bits per heavy atom. The molecule has 0 aliphatic carbocycles. The van der Waals surface area contributed by atoms with Crippen molar-refractivity contribution in [1.82, 2.24) is 4.98 Å². The number of para-hydroxylation sites is 1. The molecule has 0 spiro atoms. The van der Waals surface area contributed by atoms with Crippen molar-refractivity contribution in [2.75, 3.05) is 12.3 Å². The van der Waals surface area contributed by atoms with Crippen LogP contribution in [0.5, 0.6) is 0 Å². The van der Waals surface area contributed by atoms with Crippen molar-refractivity contribution in [3.05, 3.63) is 23.8 Å². The van der Waals surface area contributed by atoms with E-state index in [0.717, 1.165) is 15.8 Å². The normalized spacial score (nSPS) is 10.8. The summed E-state index contributed by atoms with van der Waals surface area (Å²) in [5, 5.41) is 9.41. The molecule has 0 saturated carbocycles. The SMILES string of the molecule is Nc1nc2c(CCO)cccc2s1. The second kappa shape index (κ2) is 3.32. The zero-order valence-electron chi connectivity index (χ0n) is 7.03. The molecule has 0 fully saturated rings. The molecule has 68 valence electrons. The first-order valence-corrected chi connectivity index (χ1v) is 4.87. The van der Waals surface area contributed by atoms with E-state index in [9.17, 15) is 0 Å². The second-order valence-corrected chi connectivity index (χ2v) is 3.85. The van der Waals surface area contributed by atoms with Gasteiger partial charge in [-0.05, 0) is 18.1 Å². The van der Waals surface area contributed by atoms with Gasteiger partial charge in [0.2, 0.25) is 0 Å². The van der Waals surface area contributed by atoms with Crippen LogP contribution in [0.1, 0.15) is 5.56 Å². The molecule has 0 radical (unpaired) electrons. The highest BCUT2D eigenvalue weighted by Gasteiger charge is 2.04. The minimum absolute atomic E-state index is 0.149. The number of anilines is 1. The number of aliphatic hydroxyl groups is 1. The van der Waals surface area contributed by atoms with Crippen LogP contribution in [-0.4, -0.2) is 16.7 Å². The van der Waals surface area contributed by atoms with E-state index in [-0.39, 0.29) is 6.61 Å². The Kier molecular flexibility index (Phi) is 2.16. The summed E-state index contributed by atoms with van der Waals surface area (Å²) in [4.78, 5) is 4.22. The van der Waals surface area contributed by atoms with Gasteiger partial charge in [-0.1, -0.05) is 23.5 Å². The van der Waals surface area contributed by atoms with Crippen molar-refractivity contribution in [2.24, 2.45) is 0 Å². The Labute approximate surface area is 79.8 Å². The quantitative estimate of drug-likeness (QED) is 0.760. The highest BCUT2D eigenvalue weighted by Crippen LogP contribution is 2.26. The topological polar surface area (TPSA) is 59.1 Å². The van der Waals surface area contributed by atoms with Crippen LogP contribution in [0.4, 0.5) is 5.13 Å². The molecule has 0 amide bonds. The third-order valence-corrected chi connectivity index (χ3v) is 2.75. The molecule has 3 nitrogen and oxygen atoms in total. The van der Waals surface area contributed by atoms with Crippen molar-refractivity contribution in [1.29, 1.82) is 0 Å². The van der Waals surface area contributed by atoms with Crippen molar-refractivity contribution in [2.45, 2.75) is 6.42 Å². The Balaban J connectivity index is 2.60. The van der Waals surface area contributed by atoms with Crippen LogP contribution in [0.3, 0.4) is 0 Å². The van der Waals surface area contributed by atoms with Gasteiger partial charge in [0.25, 0.3) is 0 Å². The lowest BCUT2D eigenvalue weighted by atomic mass is 10.1. The highest BCUT2D eigenvalue weighted by molar-refractivity contribution is 7.22. The molecule has 0 aliphatic heterocycles. The van der Waals surface area contributed by atoms with Crippen LogP contribution < -0.4 is 5.73 Å². The van der Waals surface area contributed by atoms with Crippen LogP contribution in [0.15, 0.2) is 18.2 Å². The third kappa shape index (κ3) is 1.50. The highest BCUT2D eigenvalue weighted by atomic mass is 32.1. The minimum Gasteiger partial charge on any atom is -0.396 e. The van der Waals surface area contributed by atoms with Crippen LogP contribution in [0.25, 0.3) is 10.2 Å². The fourth-order valence-electron chi connectivity index (χ4n) is 1.34. The van der Waals surface area contributed by atoms with Crippen molar-refractivity contribution >= 4 is 26.7 Å². The lowest BCUT2D eigenvalue weighted by molar-refractivity contribution is 0.300. The largest absolute Gasteiger partial charge is 0.396 e. The number of aromatic nitrogens is 1. The molecule has 0 unspecified atom stereocenters. The van der Waals surface area contributed by atoms with Gasteiger partial charge in [0.15, 0.2) is 5.13 Å². The van der Waals surface area contributed by atoms with Crippen molar-refractivity contribution in [3.63, 3.8) is 0 Å². The van der Waals surface area contributed by atoms with Gasteiger partial charge in [-0.25, -0.2) is 4.98 Å². The molecule has 4 heteroatoms. The van der Waals surface area contributed by atoms with E-state index in [0.29, 0.717) is 11.6 Å². The first kappa shape index (κ1) is 8.47. The Hall–Kier alpha value is -1.13. The molecule has 1 aromatic carbocycles. The molecule has 0 saturated heterocycles. The molecule has 1 heterocycles. The van der Waals surface area contributed by atoms with E-state index in [1.165, 1.54) is 11.3 Å². The fourth-order valence-corrected chi connectivity index (χ4v) is 2.13. The van der Waals surface area contributed by atoms with E-state index in [4.69, 9.17) is 10.8 Å². The molecular formula is C9H10N2OS. The average molecular weight is 194 g/mol. The molecule has 2 rings (SSSR count). The number of nitrogen functional groups attached to an aromatic ring is 1. The van der Waals surface area contributed by atoms with E-state index in [2.05, 4.69) is 4.98 Å². The number of aliphatic hydroxyl groups excluding tert-OH is 1. The summed E-state index contributed by atoms with van der Waals surface area (Å²) >= 11 is 1.48. The standard InChI is InChI=1S/C9H10N2OS/c10-9-11-8-6(4-5-12)2-1-3-7(8)13-9/h1-3,12H,4-5H2,(H2,10,11). The Bertz CT molecular complexity index is 424. The van der Waals surface area contributed by atoms with Crippen LogP contribution in [0.2, 0.25) is 0 Å². The van der Waals surface area contributed by atoms with Crippen LogP contribution in [-0.2, 0) is 6.42 Å². The lowest BCUT2D eigenvalue weighted by Gasteiger charge is -1.97. The summed E-state index contributed by atoms with van der Waals surface area (Å²) in [5.41, 5.74) is 7.59. The van der Waals surface area contributed by atoms with E-state index >= 15 is 0 Å². The van der Waals surface area contributed by atoms with Gasteiger partial charge in [-0.15, -0.1) is 0 Å². The van der Waals surface area contributed by atoms with Gasteiger partial charge >= 0.3 is 0 Å². The maximum absolute atomic E-state index is 8.83. The molecule has 1 aromatic heterocycles. The van der Waals surface area contributed by atoms with Crippen molar-refractivity contribution < 1.29 is 5.11 Å². The van der Waals surface area contributed by atoms with Gasteiger partial charge in [-0.2, -0.15) is 0 Å². The molecule has 0 atom stereocenters. The molecule has 2 aromatic rings. The molecule has 0 aliphatic rings. The second-order valence-electron chi connectivity index (χ2n) is 2.79. The lowest BCUT2D eigenvalue weighted by Crippen LogP contribution is -1.91. The number of nitrogens with two attached hydrogens (primary N) is 1. The van der Waals surface area contributed by atoms with Gasteiger partial charge in [-0.3, -0.25) is 0 Å². The van der Waals surface area contributed by atoms with Crippen LogP contribution in [0, 0.1) is 0 Å². The zero-order valence-corrected chi connectivity index (χ0v) is 7.84. The van der Waals surface area contributed by atoms with Crippen molar-refractivity contribution in [3.8, 4) is 0 Å². The number of benzene rings is 1. The number of nitrogens with zero attached hydrogens (tertiary/aromatic N) is 1. The van der Waals surface area contributed by atoms with Gasteiger partial charge < -0.3 is 10.8 Å². The average Bonchev–Trinajstić information content (AvgIpc) is 2.47. The number of hydrogen-bond acceptors (Lipinski definition) is 4. The zero-order chi connectivity index (χ0) is 9.26. The van der Waals surface area contributed by atoms with Gasteiger partial charge in [0, 0.05) is 6.61 Å². The van der Waals surface area contributed by atoms with Gasteiger partial charge in [0.05, 0.1) is 10.2 Å². The third-order valence-electron chi connectivity index (χ3n) is 1.90. The number of rotatable bonds is 2. The summed E-state index contributed by atoms with van der Waals surface area (Å²) < 4.78 is 1.09.